The van der Waals surface area contributed by atoms with Gasteiger partial charge in [-0.15, -0.1) is 0 Å². The van der Waals surface area contributed by atoms with Crippen molar-refractivity contribution >= 4 is 5.91 Å². The lowest BCUT2D eigenvalue weighted by molar-refractivity contribution is -0.119. The fourth-order valence-corrected chi connectivity index (χ4v) is 1.12. The van der Waals surface area contributed by atoms with Crippen LogP contribution in [0.1, 0.15) is 46.5 Å². The molecule has 0 rings (SSSR count). The molecule has 1 amide bonds. The average Bonchev–Trinajstić information content (AvgIpc) is 1.86. The number of carbonyl (C=O) groups is 1. The fraction of sp³-hybridized carbons (Fsp3) is 0.889. The lowest BCUT2D eigenvalue weighted by Gasteiger charge is -2.10. The molecule has 1 N–H and O–H groups in total. The van der Waals surface area contributed by atoms with Crippen molar-refractivity contribution in [3.8, 4) is 0 Å². The first-order chi connectivity index (χ1) is 5.16. The molecule has 1 unspecified atom stereocenters. The smallest absolute Gasteiger partial charge is 0.217 e. The van der Waals surface area contributed by atoms with Crippen molar-refractivity contribution in [1.29, 1.82) is 0 Å². The van der Waals surface area contributed by atoms with E-state index in [0.717, 1.165) is 6.42 Å². The molecule has 0 aliphatic carbocycles. The van der Waals surface area contributed by atoms with Crippen molar-refractivity contribution in [3.63, 3.8) is 0 Å². The maximum absolute atomic E-state index is 10.6. The van der Waals surface area contributed by atoms with E-state index in [4.69, 9.17) is 0 Å². The molecular weight excluding hydrogens is 138 g/mol. The second-order valence-electron chi connectivity index (χ2n) is 3.10. The normalized spacial score (nSPS) is 12.6. The topological polar surface area (TPSA) is 29.1 Å². The van der Waals surface area contributed by atoms with Crippen molar-refractivity contribution in [2.75, 3.05) is 0 Å². The summed E-state index contributed by atoms with van der Waals surface area (Å²) in [7, 11) is 0. The van der Waals surface area contributed by atoms with Crippen LogP contribution < -0.4 is 5.32 Å². The van der Waals surface area contributed by atoms with Gasteiger partial charge in [-0.25, -0.2) is 0 Å². The van der Waals surface area contributed by atoms with Gasteiger partial charge >= 0.3 is 0 Å². The number of unbranched alkanes of at least 4 members (excludes halogenated alkanes) is 2. The molecule has 0 spiro atoms. The molecule has 0 aliphatic rings. The Labute approximate surface area is 69.4 Å². The van der Waals surface area contributed by atoms with E-state index in [1.165, 1.54) is 19.3 Å². The monoisotopic (exact) mass is 157 g/mol. The standard InChI is InChI=1S/C9H19NO/c1-4-5-6-7-8(2)10-9(3)11/h8H,4-7H2,1-3H3,(H,10,11). The van der Waals surface area contributed by atoms with Crippen LogP contribution in [0.25, 0.3) is 0 Å². The van der Waals surface area contributed by atoms with E-state index in [-0.39, 0.29) is 5.91 Å². The second kappa shape index (κ2) is 6.20. The minimum Gasteiger partial charge on any atom is -0.354 e. The Kier molecular flexibility index (Phi) is 5.90. The van der Waals surface area contributed by atoms with Gasteiger partial charge in [0.15, 0.2) is 0 Å². The molecule has 2 nitrogen and oxygen atoms in total. The van der Waals surface area contributed by atoms with Gasteiger partial charge in [0.1, 0.15) is 0 Å². The molecule has 0 aromatic carbocycles. The summed E-state index contributed by atoms with van der Waals surface area (Å²) in [6.45, 7) is 5.80. The SMILES string of the molecule is CCCCCC(C)NC(C)=O. The molecule has 2 heteroatoms. The minimum atomic E-state index is 0.0778. The van der Waals surface area contributed by atoms with Gasteiger partial charge in [0.05, 0.1) is 0 Å². The summed E-state index contributed by atoms with van der Waals surface area (Å²) in [6, 6.07) is 0.346. The first kappa shape index (κ1) is 10.5. The number of nitrogens with one attached hydrogen (secondary N) is 1. The molecule has 0 heterocycles. The van der Waals surface area contributed by atoms with Gasteiger partial charge in [-0.3, -0.25) is 4.79 Å². The Morgan fingerprint density at radius 1 is 1.45 bits per heavy atom. The van der Waals surface area contributed by atoms with Gasteiger partial charge in [0, 0.05) is 13.0 Å². The van der Waals surface area contributed by atoms with Gasteiger partial charge in [-0.05, 0) is 13.3 Å². The first-order valence-electron chi connectivity index (χ1n) is 4.44. The summed E-state index contributed by atoms with van der Waals surface area (Å²) in [5, 5.41) is 2.86. The summed E-state index contributed by atoms with van der Waals surface area (Å²) >= 11 is 0. The van der Waals surface area contributed by atoms with Gasteiger partial charge in [-0.2, -0.15) is 0 Å². The molecule has 0 bridgehead atoms. The van der Waals surface area contributed by atoms with E-state index >= 15 is 0 Å². The Bertz CT molecular complexity index is 112. The molecule has 0 saturated carbocycles. The quantitative estimate of drug-likeness (QED) is 0.608. The van der Waals surface area contributed by atoms with Crippen molar-refractivity contribution in [2.45, 2.75) is 52.5 Å². The Hall–Kier alpha value is -0.530. The maximum Gasteiger partial charge on any atom is 0.217 e. The van der Waals surface area contributed by atoms with E-state index in [1.807, 2.05) is 0 Å². The van der Waals surface area contributed by atoms with E-state index in [2.05, 4.69) is 19.2 Å². The molecule has 66 valence electrons. The maximum atomic E-state index is 10.6. The average molecular weight is 157 g/mol. The van der Waals surface area contributed by atoms with E-state index < -0.39 is 0 Å². The summed E-state index contributed by atoms with van der Waals surface area (Å²) in [5.74, 6) is 0.0778. The molecule has 0 aromatic rings. The van der Waals surface area contributed by atoms with Crippen molar-refractivity contribution < 1.29 is 4.79 Å². The van der Waals surface area contributed by atoms with Crippen LogP contribution in [0.3, 0.4) is 0 Å². The molecule has 1 atom stereocenters. The molecule has 0 aliphatic heterocycles. The highest BCUT2D eigenvalue weighted by atomic mass is 16.1. The Morgan fingerprint density at radius 2 is 2.09 bits per heavy atom. The first-order valence-corrected chi connectivity index (χ1v) is 4.44. The largest absolute Gasteiger partial charge is 0.354 e. The van der Waals surface area contributed by atoms with Crippen LogP contribution >= 0.6 is 0 Å². The Balaban J connectivity index is 3.22. The predicted molar refractivity (Wildman–Crippen MR) is 47.4 cm³/mol. The highest BCUT2D eigenvalue weighted by Crippen LogP contribution is 2.02. The summed E-state index contributed by atoms with van der Waals surface area (Å²) in [4.78, 5) is 10.6. The molecule has 11 heavy (non-hydrogen) atoms. The van der Waals surface area contributed by atoms with Gasteiger partial charge in [0.2, 0.25) is 5.91 Å². The van der Waals surface area contributed by atoms with Crippen LogP contribution in [-0.4, -0.2) is 11.9 Å². The number of carbonyl (C=O) groups excluding carboxylic acids is 1. The fourth-order valence-electron chi connectivity index (χ4n) is 1.12. The third-order valence-corrected chi connectivity index (χ3v) is 1.69. The van der Waals surface area contributed by atoms with Crippen molar-refractivity contribution in [3.05, 3.63) is 0 Å². The zero-order valence-corrected chi connectivity index (χ0v) is 7.81. The lowest BCUT2D eigenvalue weighted by Crippen LogP contribution is -2.30. The number of amides is 1. The molecule has 0 saturated heterocycles. The molecular formula is C9H19NO. The van der Waals surface area contributed by atoms with Crippen LogP contribution in [0.5, 0.6) is 0 Å². The minimum absolute atomic E-state index is 0.0778. The lowest BCUT2D eigenvalue weighted by atomic mass is 10.1. The van der Waals surface area contributed by atoms with Crippen molar-refractivity contribution in [2.24, 2.45) is 0 Å². The summed E-state index contributed by atoms with van der Waals surface area (Å²) in [6.07, 6.45) is 4.84. The van der Waals surface area contributed by atoms with Gasteiger partial charge in [-0.1, -0.05) is 26.2 Å². The van der Waals surface area contributed by atoms with Crippen molar-refractivity contribution in [1.82, 2.24) is 5.32 Å². The predicted octanol–water partition coefficient (Wildman–Crippen LogP) is 2.09. The number of hydrogen-bond donors (Lipinski definition) is 1. The summed E-state index contributed by atoms with van der Waals surface area (Å²) < 4.78 is 0. The number of rotatable bonds is 5. The zero-order chi connectivity index (χ0) is 8.69. The zero-order valence-electron chi connectivity index (χ0n) is 7.81. The third kappa shape index (κ3) is 7.37. The molecule has 0 fully saturated rings. The summed E-state index contributed by atoms with van der Waals surface area (Å²) in [5.41, 5.74) is 0. The van der Waals surface area contributed by atoms with Gasteiger partial charge in [0.25, 0.3) is 0 Å². The molecule has 0 radical (unpaired) electrons. The van der Waals surface area contributed by atoms with E-state index in [9.17, 15) is 4.79 Å². The van der Waals surface area contributed by atoms with E-state index in [0.29, 0.717) is 6.04 Å². The highest BCUT2D eigenvalue weighted by molar-refractivity contribution is 5.73. The molecule has 0 aromatic heterocycles. The van der Waals surface area contributed by atoms with E-state index in [1.54, 1.807) is 6.92 Å². The highest BCUT2D eigenvalue weighted by Gasteiger charge is 2.01. The van der Waals surface area contributed by atoms with Crippen LogP contribution in [-0.2, 0) is 4.79 Å². The van der Waals surface area contributed by atoms with Crippen LogP contribution in [0.2, 0.25) is 0 Å². The second-order valence-corrected chi connectivity index (χ2v) is 3.10. The number of hydrogen-bond acceptors (Lipinski definition) is 1. The van der Waals surface area contributed by atoms with Crippen LogP contribution in [0, 0.1) is 0 Å². The van der Waals surface area contributed by atoms with Gasteiger partial charge < -0.3 is 5.32 Å². The third-order valence-electron chi connectivity index (χ3n) is 1.69. The van der Waals surface area contributed by atoms with Crippen LogP contribution in [0.15, 0.2) is 0 Å². The Morgan fingerprint density at radius 3 is 2.55 bits per heavy atom. The van der Waals surface area contributed by atoms with Crippen LogP contribution in [0.4, 0.5) is 0 Å².